The third kappa shape index (κ3) is 5.19. The highest BCUT2D eigenvalue weighted by Crippen LogP contribution is 2.18. The van der Waals surface area contributed by atoms with Gasteiger partial charge in [0.1, 0.15) is 0 Å². The van der Waals surface area contributed by atoms with Gasteiger partial charge in [-0.05, 0) is 50.6 Å². The minimum absolute atomic E-state index is 0. The van der Waals surface area contributed by atoms with Crippen molar-refractivity contribution in [2.24, 2.45) is 11.8 Å². The fourth-order valence-corrected chi connectivity index (χ4v) is 3.96. The number of hydrogen-bond donors (Lipinski definition) is 2. The van der Waals surface area contributed by atoms with Gasteiger partial charge in [0, 0.05) is 19.6 Å². The lowest BCUT2D eigenvalue weighted by Crippen LogP contribution is -2.47. The molecule has 0 amide bonds. The molecule has 0 bridgehead atoms. The van der Waals surface area contributed by atoms with Crippen LogP contribution in [0.3, 0.4) is 0 Å². The van der Waals surface area contributed by atoms with Crippen molar-refractivity contribution in [3.63, 3.8) is 0 Å². The first-order valence-electron chi connectivity index (χ1n) is 7.03. The van der Waals surface area contributed by atoms with E-state index in [1.807, 2.05) is 0 Å². The molecule has 19 heavy (non-hydrogen) atoms. The highest BCUT2D eigenvalue weighted by atomic mass is 35.5. The topological polar surface area (TPSA) is 61.4 Å². The summed E-state index contributed by atoms with van der Waals surface area (Å²) in [6.45, 7) is 6.08. The van der Waals surface area contributed by atoms with E-state index in [0.717, 1.165) is 38.8 Å². The molecule has 0 spiro atoms. The Kier molecular flexibility index (Phi) is 7.04. The van der Waals surface area contributed by atoms with Gasteiger partial charge in [0.2, 0.25) is 0 Å². The summed E-state index contributed by atoms with van der Waals surface area (Å²) in [6, 6.07) is 0. The third-order valence-electron chi connectivity index (χ3n) is 4.04. The Balaban J connectivity index is 0.00000180. The number of nitrogens with one attached hydrogen (secondary N) is 2. The van der Waals surface area contributed by atoms with E-state index in [1.54, 1.807) is 4.31 Å². The van der Waals surface area contributed by atoms with Gasteiger partial charge < -0.3 is 5.32 Å². The Morgan fingerprint density at radius 3 is 2.53 bits per heavy atom. The molecule has 0 aliphatic carbocycles. The molecule has 2 aliphatic rings. The summed E-state index contributed by atoms with van der Waals surface area (Å²) in [5.41, 5.74) is 0. The fraction of sp³-hybridized carbons (Fsp3) is 1.00. The highest BCUT2D eigenvalue weighted by Gasteiger charge is 2.26. The van der Waals surface area contributed by atoms with Crippen LogP contribution in [0.1, 0.15) is 32.6 Å². The standard InChI is InChI=1S/C12H25N3O2S.ClH/c1-11-4-7-15(8-5-11)18(16,17)14-10-12-3-2-6-13-9-12;/h11-14H,2-10H2,1H3;1H. The van der Waals surface area contributed by atoms with Gasteiger partial charge in [-0.1, -0.05) is 6.92 Å². The van der Waals surface area contributed by atoms with E-state index < -0.39 is 10.2 Å². The molecule has 1 unspecified atom stereocenters. The second-order valence-electron chi connectivity index (χ2n) is 5.65. The molecule has 2 heterocycles. The SMILES string of the molecule is CC1CCN(S(=O)(=O)NCC2CCCNC2)CC1.Cl. The number of rotatable bonds is 4. The smallest absolute Gasteiger partial charge is 0.279 e. The largest absolute Gasteiger partial charge is 0.316 e. The molecule has 0 aromatic rings. The minimum atomic E-state index is -3.25. The van der Waals surface area contributed by atoms with Gasteiger partial charge in [0.25, 0.3) is 10.2 Å². The van der Waals surface area contributed by atoms with Gasteiger partial charge in [0.15, 0.2) is 0 Å². The van der Waals surface area contributed by atoms with Crippen molar-refractivity contribution >= 4 is 22.6 Å². The Hall–Kier alpha value is 0.120. The monoisotopic (exact) mass is 311 g/mol. The molecular formula is C12H26ClN3O2S. The van der Waals surface area contributed by atoms with E-state index in [2.05, 4.69) is 17.0 Å². The molecule has 0 aromatic carbocycles. The molecule has 0 aromatic heterocycles. The average molecular weight is 312 g/mol. The van der Waals surface area contributed by atoms with E-state index in [-0.39, 0.29) is 12.4 Å². The van der Waals surface area contributed by atoms with Gasteiger partial charge in [-0.3, -0.25) is 0 Å². The zero-order valence-electron chi connectivity index (χ0n) is 11.6. The number of piperidine rings is 2. The molecule has 5 nitrogen and oxygen atoms in total. The van der Waals surface area contributed by atoms with Gasteiger partial charge in [0.05, 0.1) is 0 Å². The van der Waals surface area contributed by atoms with E-state index in [1.165, 1.54) is 0 Å². The van der Waals surface area contributed by atoms with Crippen LogP contribution < -0.4 is 10.0 Å². The highest BCUT2D eigenvalue weighted by molar-refractivity contribution is 7.87. The van der Waals surface area contributed by atoms with E-state index >= 15 is 0 Å². The van der Waals surface area contributed by atoms with Crippen LogP contribution in [0.5, 0.6) is 0 Å². The van der Waals surface area contributed by atoms with Crippen molar-refractivity contribution in [3.05, 3.63) is 0 Å². The van der Waals surface area contributed by atoms with Crippen LogP contribution >= 0.6 is 12.4 Å². The van der Waals surface area contributed by atoms with Crippen LogP contribution in [-0.4, -0.2) is 45.4 Å². The first-order chi connectivity index (χ1) is 8.58. The normalized spacial score (nSPS) is 26.9. The van der Waals surface area contributed by atoms with Crippen molar-refractivity contribution in [2.45, 2.75) is 32.6 Å². The van der Waals surface area contributed by atoms with Crippen LogP contribution in [0.15, 0.2) is 0 Å². The Morgan fingerprint density at radius 1 is 1.26 bits per heavy atom. The van der Waals surface area contributed by atoms with Crippen LogP contribution in [0, 0.1) is 11.8 Å². The van der Waals surface area contributed by atoms with Crippen LogP contribution in [0.4, 0.5) is 0 Å². The molecule has 0 saturated carbocycles. The molecule has 2 saturated heterocycles. The summed E-state index contributed by atoms with van der Waals surface area (Å²) in [5.74, 6) is 1.09. The van der Waals surface area contributed by atoms with Crippen molar-refractivity contribution in [1.29, 1.82) is 0 Å². The zero-order chi connectivity index (χ0) is 13.0. The summed E-state index contributed by atoms with van der Waals surface area (Å²) in [4.78, 5) is 0. The Bertz CT molecular complexity index is 350. The lowest BCUT2D eigenvalue weighted by atomic mass is 10.0. The number of nitrogens with zero attached hydrogens (tertiary/aromatic N) is 1. The maximum Gasteiger partial charge on any atom is 0.279 e. The molecule has 2 fully saturated rings. The fourth-order valence-electron chi connectivity index (χ4n) is 2.64. The van der Waals surface area contributed by atoms with Gasteiger partial charge in [-0.2, -0.15) is 12.7 Å². The molecular weight excluding hydrogens is 286 g/mol. The maximum absolute atomic E-state index is 12.1. The molecule has 1 atom stereocenters. The quantitative estimate of drug-likeness (QED) is 0.813. The molecule has 2 N–H and O–H groups in total. The van der Waals surface area contributed by atoms with Crippen LogP contribution in [0.25, 0.3) is 0 Å². The van der Waals surface area contributed by atoms with Crippen molar-refractivity contribution < 1.29 is 8.42 Å². The van der Waals surface area contributed by atoms with Crippen molar-refractivity contribution in [3.8, 4) is 0 Å². The van der Waals surface area contributed by atoms with Gasteiger partial charge in [-0.25, -0.2) is 4.72 Å². The van der Waals surface area contributed by atoms with E-state index in [9.17, 15) is 8.42 Å². The lowest BCUT2D eigenvalue weighted by molar-refractivity contribution is 0.282. The van der Waals surface area contributed by atoms with Crippen molar-refractivity contribution in [1.82, 2.24) is 14.3 Å². The Morgan fingerprint density at radius 2 is 1.95 bits per heavy atom. The summed E-state index contributed by atoms with van der Waals surface area (Å²) in [6.07, 6.45) is 4.22. The zero-order valence-corrected chi connectivity index (χ0v) is 13.2. The maximum atomic E-state index is 12.1. The number of hydrogen-bond acceptors (Lipinski definition) is 3. The summed E-state index contributed by atoms with van der Waals surface area (Å²) >= 11 is 0. The molecule has 0 radical (unpaired) electrons. The summed E-state index contributed by atoms with van der Waals surface area (Å²) in [5, 5.41) is 3.31. The molecule has 7 heteroatoms. The second-order valence-corrected chi connectivity index (χ2v) is 7.40. The lowest BCUT2D eigenvalue weighted by Gasteiger charge is -2.30. The molecule has 2 aliphatic heterocycles. The predicted octanol–water partition coefficient (Wildman–Crippen LogP) is 0.974. The van der Waals surface area contributed by atoms with Crippen LogP contribution in [-0.2, 0) is 10.2 Å². The third-order valence-corrected chi connectivity index (χ3v) is 5.61. The van der Waals surface area contributed by atoms with E-state index in [0.29, 0.717) is 31.5 Å². The van der Waals surface area contributed by atoms with Gasteiger partial charge in [-0.15, -0.1) is 12.4 Å². The van der Waals surface area contributed by atoms with Gasteiger partial charge >= 0.3 is 0 Å². The summed E-state index contributed by atoms with van der Waals surface area (Å²) in [7, 11) is -3.25. The molecule has 114 valence electrons. The first-order valence-corrected chi connectivity index (χ1v) is 8.47. The van der Waals surface area contributed by atoms with Crippen LogP contribution in [0.2, 0.25) is 0 Å². The number of halogens is 1. The average Bonchev–Trinajstić information content (AvgIpc) is 2.38. The van der Waals surface area contributed by atoms with E-state index in [4.69, 9.17) is 0 Å². The Labute approximate surface area is 123 Å². The van der Waals surface area contributed by atoms with Crippen molar-refractivity contribution in [2.75, 3.05) is 32.7 Å². The first kappa shape index (κ1) is 17.2. The molecule has 2 rings (SSSR count). The predicted molar refractivity (Wildman–Crippen MR) is 79.7 cm³/mol. The second kappa shape index (κ2) is 7.78. The summed E-state index contributed by atoms with van der Waals surface area (Å²) < 4.78 is 28.6. The minimum Gasteiger partial charge on any atom is -0.316 e.